The third kappa shape index (κ3) is 2.24. The molecule has 4 aliphatic rings. The molecule has 0 saturated carbocycles. The molecule has 0 bridgehead atoms. The molecule has 0 spiro atoms. The van der Waals surface area contributed by atoms with Crippen LogP contribution in [0.25, 0.3) is 0 Å². The summed E-state index contributed by atoms with van der Waals surface area (Å²) in [5, 5.41) is 0. The Labute approximate surface area is 131 Å². The summed E-state index contributed by atoms with van der Waals surface area (Å²) in [5.41, 5.74) is 5.17. The van der Waals surface area contributed by atoms with Crippen LogP contribution in [0.4, 0.5) is 0 Å². The third-order valence-corrected chi connectivity index (χ3v) is 12.6. The van der Waals surface area contributed by atoms with E-state index in [-0.39, 0.29) is 7.25 Å². The van der Waals surface area contributed by atoms with Gasteiger partial charge in [0.15, 0.2) is 0 Å². The minimum absolute atomic E-state index is 0.224. The zero-order valence-corrected chi connectivity index (χ0v) is 14.9. The maximum atomic E-state index is 13.3. The van der Waals surface area contributed by atoms with E-state index in [2.05, 4.69) is 12.2 Å². The molecule has 4 rings (SSSR count). The maximum absolute atomic E-state index is 13.3. The average Bonchev–Trinajstić information content (AvgIpc) is 3.12. The molecule has 0 radical (unpaired) electrons. The molecule has 2 atom stereocenters. The fourth-order valence-corrected chi connectivity index (χ4v) is 11.4. The Morgan fingerprint density at radius 2 is 1.14 bits per heavy atom. The van der Waals surface area contributed by atoms with Crippen molar-refractivity contribution in [2.75, 3.05) is 0 Å². The molecule has 0 fully saturated rings. The molecule has 110 valence electrons. The molecule has 0 amide bonds. The van der Waals surface area contributed by atoms with Gasteiger partial charge in [-0.15, -0.1) is 0 Å². The Balaban J connectivity index is 1.69. The van der Waals surface area contributed by atoms with Crippen LogP contribution in [0.1, 0.15) is 51.4 Å². The fraction of sp³-hybridized carbons (Fsp3) is 0.556. The molecule has 0 aromatic rings. The summed E-state index contributed by atoms with van der Waals surface area (Å²) < 4.78 is 26.2. The molecule has 21 heavy (non-hydrogen) atoms. The first-order valence-corrected chi connectivity index (χ1v) is 13.2. The van der Waals surface area contributed by atoms with E-state index in [4.69, 9.17) is 0 Å². The van der Waals surface area contributed by atoms with Gasteiger partial charge in [0.2, 0.25) is 0 Å². The summed E-state index contributed by atoms with van der Waals surface area (Å²) in [6.45, 7) is 0. The van der Waals surface area contributed by atoms with Gasteiger partial charge in [-0.3, -0.25) is 0 Å². The van der Waals surface area contributed by atoms with Crippen molar-refractivity contribution in [2.24, 2.45) is 0 Å². The van der Waals surface area contributed by atoms with Crippen molar-refractivity contribution < 1.29 is 25.9 Å². The molecule has 0 aromatic carbocycles. The zero-order chi connectivity index (χ0) is 14.4. The van der Waals surface area contributed by atoms with Crippen molar-refractivity contribution >= 4 is 0 Å². The normalized spacial score (nSPS) is 31.0. The summed E-state index contributed by atoms with van der Waals surface area (Å²) in [4.78, 5) is 0. The van der Waals surface area contributed by atoms with Crippen LogP contribution in [-0.2, 0) is 25.9 Å². The van der Waals surface area contributed by atoms with Gasteiger partial charge in [-0.25, -0.2) is 0 Å². The average molecular weight is 362 g/mol. The van der Waals surface area contributed by atoms with Gasteiger partial charge in [0.05, 0.1) is 0 Å². The molecule has 2 nitrogen and oxygen atoms in total. The van der Waals surface area contributed by atoms with Crippen LogP contribution >= 0.6 is 0 Å². The Bertz CT molecular complexity index is 635. The second kappa shape index (κ2) is 5.26. The first kappa shape index (κ1) is 14.1. The van der Waals surface area contributed by atoms with Crippen LogP contribution < -0.4 is 0 Å². The topological polar surface area (TPSA) is 34.1 Å². The Morgan fingerprint density at radius 1 is 0.714 bits per heavy atom. The second-order valence-electron chi connectivity index (χ2n) is 6.91. The Morgan fingerprint density at radius 3 is 1.62 bits per heavy atom. The van der Waals surface area contributed by atoms with Crippen LogP contribution in [0.5, 0.6) is 0 Å². The van der Waals surface area contributed by atoms with Crippen LogP contribution in [0, 0.1) is 0 Å². The number of rotatable bonds is 2. The van der Waals surface area contributed by atoms with E-state index in [9.17, 15) is 5.63 Å². The Kier molecular flexibility index (Phi) is 3.53. The van der Waals surface area contributed by atoms with E-state index < -0.39 is 20.3 Å². The van der Waals surface area contributed by atoms with Crippen LogP contribution in [0.3, 0.4) is 0 Å². The van der Waals surface area contributed by atoms with E-state index in [1.54, 1.807) is 0 Å². The van der Waals surface area contributed by atoms with Crippen molar-refractivity contribution in [1.29, 1.82) is 0 Å². The molecule has 2 unspecified atom stereocenters. The number of hydrogen-bond donors (Lipinski definition) is 0. The first-order valence-electron chi connectivity index (χ1n) is 8.39. The van der Waals surface area contributed by atoms with E-state index in [1.807, 2.05) is 12.2 Å². The summed E-state index contributed by atoms with van der Waals surface area (Å²) in [7, 11) is 0. The zero-order valence-electron chi connectivity index (χ0n) is 12.4. The molecule has 4 aliphatic carbocycles. The van der Waals surface area contributed by atoms with Gasteiger partial charge in [0.25, 0.3) is 0 Å². The quantitative estimate of drug-likeness (QED) is 0.670. The summed E-state index contributed by atoms with van der Waals surface area (Å²) >= 11 is -4.71. The van der Waals surface area contributed by atoms with E-state index in [1.165, 1.54) is 35.1 Å². The molecule has 3 heteroatoms. The van der Waals surface area contributed by atoms with Crippen LogP contribution in [0.15, 0.2) is 46.6 Å². The second-order valence-corrected chi connectivity index (χ2v) is 13.5. The van der Waals surface area contributed by atoms with Gasteiger partial charge in [-0.05, 0) is 0 Å². The predicted molar refractivity (Wildman–Crippen MR) is 78.1 cm³/mol. The van der Waals surface area contributed by atoms with E-state index in [0.717, 1.165) is 38.5 Å². The van der Waals surface area contributed by atoms with Crippen LogP contribution in [0.2, 0.25) is 7.25 Å². The number of hydrogen-bond acceptors (Lipinski definition) is 2. The predicted octanol–water partition coefficient (Wildman–Crippen LogP) is 5.29. The Hall–Kier alpha value is -0.557. The van der Waals surface area contributed by atoms with Gasteiger partial charge in [-0.1, -0.05) is 0 Å². The molecular weight excluding hydrogens is 339 g/mol. The van der Waals surface area contributed by atoms with Gasteiger partial charge in [-0.2, -0.15) is 0 Å². The van der Waals surface area contributed by atoms with Crippen molar-refractivity contribution in [2.45, 2.75) is 58.6 Å². The minimum atomic E-state index is -4.71. The van der Waals surface area contributed by atoms with Crippen molar-refractivity contribution in [3.8, 4) is 0 Å². The standard InChI is InChI=1S/2C9H11.2O.Zr/c2*1-2-5-9-7-3-6-8(9)4-1;;;/h2*3,6-7H,1-2,4-5H2;;;. The van der Waals surface area contributed by atoms with Crippen molar-refractivity contribution in [3.63, 3.8) is 0 Å². The van der Waals surface area contributed by atoms with E-state index >= 15 is 0 Å². The summed E-state index contributed by atoms with van der Waals surface area (Å²) in [6.07, 6.45) is 17.1. The van der Waals surface area contributed by atoms with Crippen LogP contribution in [-0.4, -0.2) is 0 Å². The van der Waals surface area contributed by atoms with Gasteiger partial charge < -0.3 is 0 Å². The van der Waals surface area contributed by atoms with Crippen molar-refractivity contribution in [1.82, 2.24) is 0 Å². The monoisotopic (exact) mass is 360 g/mol. The fourth-order valence-electron chi connectivity index (χ4n) is 4.60. The molecule has 0 aliphatic heterocycles. The summed E-state index contributed by atoms with van der Waals surface area (Å²) in [6, 6.07) is 0. The van der Waals surface area contributed by atoms with E-state index in [0.29, 0.717) is 0 Å². The van der Waals surface area contributed by atoms with Gasteiger partial charge >= 0.3 is 131 Å². The van der Waals surface area contributed by atoms with Gasteiger partial charge in [0, 0.05) is 0 Å². The third-order valence-electron chi connectivity index (χ3n) is 5.71. The van der Waals surface area contributed by atoms with Gasteiger partial charge in [0.1, 0.15) is 0 Å². The molecular formula is C18H22O2Zr. The molecule has 0 heterocycles. The molecule has 0 N–H and O–H groups in total. The molecule has 0 aromatic heterocycles. The van der Waals surface area contributed by atoms with Crippen molar-refractivity contribution in [3.05, 3.63) is 46.6 Å². The SMILES string of the molecule is [O]=[Zr](=[O])([CH]1C=CC2=C1CCCC2)[CH]1C=CC2=C1CCCC2. The number of allylic oxidation sites excluding steroid dienone is 8. The summed E-state index contributed by atoms with van der Waals surface area (Å²) in [5.74, 6) is 0. The molecule has 0 saturated heterocycles. The first-order chi connectivity index (χ1) is 10.2.